The number of rotatable bonds is 3. The Labute approximate surface area is 103 Å². The SMILES string of the molecule is COc1cccc(C2CNCCO2)c1C(C)C. The summed E-state index contributed by atoms with van der Waals surface area (Å²) in [7, 11) is 1.73. The molecule has 0 aromatic heterocycles. The number of hydrogen-bond donors (Lipinski definition) is 1. The van der Waals surface area contributed by atoms with Gasteiger partial charge in [-0.25, -0.2) is 0 Å². The molecule has 1 heterocycles. The Morgan fingerprint density at radius 3 is 2.82 bits per heavy atom. The number of hydrogen-bond acceptors (Lipinski definition) is 3. The third-order valence-corrected chi connectivity index (χ3v) is 3.17. The highest BCUT2D eigenvalue weighted by atomic mass is 16.5. The Hall–Kier alpha value is -1.06. The quantitative estimate of drug-likeness (QED) is 0.873. The van der Waals surface area contributed by atoms with Crippen molar-refractivity contribution in [1.82, 2.24) is 5.32 Å². The number of morpholine rings is 1. The third-order valence-electron chi connectivity index (χ3n) is 3.17. The summed E-state index contributed by atoms with van der Waals surface area (Å²) in [5.41, 5.74) is 2.52. The molecule has 1 N–H and O–H groups in total. The Bertz CT molecular complexity index is 370. The van der Waals surface area contributed by atoms with E-state index >= 15 is 0 Å². The minimum absolute atomic E-state index is 0.149. The topological polar surface area (TPSA) is 30.5 Å². The van der Waals surface area contributed by atoms with Crippen molar-refractivity contribution in [3.63, 3.8) is 0 Å². The van der Waals surface area contributed by atoms with Gasteiger partial charge in [-0.2, -0.15) is 0 Å². The van der Waals surface area contributed by atoms with Crippen molar-refractivity contribution in [2.75, 3.05) is 26.8 Å². The number of benzene rings is 1. The van der Waals surface area contributed by atoms with E-state index in [9.17, 15) is 0 Å². The molecule has 0 spiro atoms. The second-order valence-corrected chi connectivity index (χ2v) is 4.68. The van der Waals surface area contributed by atoms with Gasteiger partial charge >= 0.3 is 0 Å². The fourth-order valence-corrected chi connectivity index (χ4v) is 2.40. The zero-order chi connectivity index (χ0) is 12.3. The summed E-state index contributed by atoms with van der Waals surface area (Å²) in [4.78, 5) is 0. The molecule has 0 saturated carbocycles. The third kappa shape index (κ3) is 2.61. The van der Waals surface area contributed by atoms with Crippen LogP contribution in [0.25, 0.3) is 0 Å². The Morgan fingerprint density at radius 2 is 2.24 bits per heavy atom. The summed E-state index contributed by atoms with van der Waals surface area (Å²) in [5.74, 6) is 1.40. The van der Waals surface area contributed by atoms with Crippen molar-refractivity contribution in [2.24, 2.45) is 0 Å². The van der Waals surface area contributed by atoms with E-state index in [0.29, 0.717) is 5.92 Å². The summed E-state index contributed by atoms with van der Waals surface area (Å²) in [6, 6.07) is 6.21. The standard InChI is InChI=1S/C14H21NO2/c1-10(2)14-11(5-4-6-12(14)16-3)13-9-15-7-8-17-13/h4-6,10,13,15H,7-9H2,1-3H3. The van der Waals surface area contributed by atoms with E-state index in [4.69, 9.17) is 9.47 Å². The van der Waals surface area contributed by atoms with Gasteiger partial charge in [-0.05, 0) is 17.5 Å². The van der Waals surface area contributed by atoms with Crippen LogP contribution in [0.5, 0.6) is 5.75 Å². The van der Waals surface area contributed by atoms with Crippen molar-refractivity contribution >= 4 is 0 Å². The first-order valence-corrected chi connectivity index (χ1v) is 6.23. The lowest BCUT2D eigenvalue weighted by Gasteiger charge is -2.27. The molecule has 3 nitrogen and oxygen atoms in total. The van der Waals surface area contributed by atoms with Crippen LogP contribution in [0.3, 0.4) is 0 Å². The maximum atomic E-state index is 5.84. The molecule has 0 aliphatic carbocycles. The van der Waals surface area contributed by atoms with Crippen LogP contribution in [0.1, 0.15) is 37.0 Å². The lowest BCUT2D eigenvalue weighted by atomic mass is 9.92. The number of ether oxygens (including phenoxy) is 2. The maximum absolute atomic E-state index is 5.84. The highest BCUT2D eigenvalue weighted by Gasteiger charge is 2.22. The molecule has 1 aliphatic heterocycles. The van der Waals surface area contributed by atoms with Crippen molar-refractivity contribution in [1.29, 1.82) is 0 Å². The molecule has 1 atom stereocenters. The summed E-state index contributed by atoms with van der Waals surface area (Å²) in [6.07, 6.45) is 0.149. The molecule has 1 saturated heterocycles. The molecule has 94 valence electrons. The fraction of sp³-hybridized carbons (Fsp3) is 0.571. The largest absolute Gasteiger partial charge is 0.496 e. The van der Waals surface area contributed by atoms with Gasteiger partial charge in [-0.3, -0.25) is 0 Å². The monoisotopic (exact) mass is 235 g/mol. The molecule has 1 fully saturated rings. The van der Waals surface area contributed by atoms with Crippen LogP contribution in [0.2, 0.25) is 0 Å². The van der Waals surface area contributed by atoms with Crippen molar-refractivity contribution in [2.45, 2.75) is 25.9 Å². The van der Waals surface area contributed by atoms with Crippen LogP contribution in [0.15, 0.2) is 18.2 Å². The molecular weight excluding hydrogens is 214 g/mol. The van der Waals surface area contributed by atoms with Crippen LogP contribution < -0.4 is 10.1 Å². The van der Waals surface area contributed by atoms with E-state index in [0.717, 1.165) is 25.4 Å². The summed E-state index contributed by atoms with van der Waals surface area (Å²) in [5, 5.41) is 3.37. The molecule has 1 aliphatic rings. The van der Waals surface area contributed by atoms with E-state index in [1.165, 1.54) is 11.1 Å². The Morgan fingerprint density at radius 1 is 1.41 bits per heavy atom. The van der Waals surface area contributed by atoms with E-state index < -0.39 is 0 Å². The van der Waals surface area contributed by atoms with Gasteiger partial charge in [0, 0.05) is 18.7 Å². The molecule has 17 heavy (non-hydrogen) atoms. The zero-order valence-corrected chi connectivity index (χ0v) is 10.8. The van der Waals surface area contributed by atoms with E-state index in [2.05, 4.69) is 25.2 Å². The molecule has 0 radical (unpaired) electrons. The zero-order valence-electron chi connectivity index (χ0n) is 10.8. The highest BCUT2D eigenvalue weighted by Crippen LogP contribution is 2.34. The summed E-state index contributed by atoms with van der Waals surface area (Å²) in [6.45, 7) is 6.99. The van der Waals surface area contributed by atoms with Crippen molar-refractivity contribution in [3.05, 3.63) is 29.3 Å². The van der Waals surface area contributed by atoms with Crippen LogP contribution in [-0.4, -0.2) is 26.8 Å². The number of nitrogens with one attached hydrogen (secondary N) is 1. The molecule has 1 unspecified atom stereocenters. The predicted molar refractivity (Wildman–Crippen MR) is 68.6 cm³/mol. The first-order chi connectivity index (χ1) is 8.24. The minimum Gasteiger partial charge on any atom is -0.496 e. The van der Waals surface area contributed by atoms with Crippen LogP contribution in [0, 0.1) is 0 Å². The van der Waals surface area contributed by atoms with Crippen molar-refractivity contribution in [3.8, 4) is 5.75 Å². The molecular formula is C14H21NO2. The van der Waals surface area contributed by atoms with Gasteiger partial charge in [-0.1, -0.05) is 26.0 Å². The minimum atomic E-state index is 0.149. The molecule has 0 amide bonds. The lowest BCUT2D eigenvalue weighted by molar-refractivity contribution is 0.0269. The molecule has 1 aromatic rings. The summed E-state index contributed by atoms with van der Waals surface area (Å²) < 4.78 is 11.3. The van der Waals surface area contributed by atoms with Crippen LogP contribution >= 0.6 is 0 Å². The first kappa shape index (κ1) is 12.4. The fourth-order valence-electron chi connectivity index (χ4n) is 2.40. The molecule has 1 aromatic carbocycles. The van der Waals surface area contributed by atoms with Gasteiger partial charge in [0.05, 0.1) is 19.8 Å². The normalized spacial score (nSPS) is 20.6. The predicted octanol–water partition coefficient (Wildman–Crippen LogP) is 2.48. The first-order valence-electron chi connectivity index (χ1n) is 6.23. The van der Waals surface area contributed by atoms with Crippen LogP contribution in [-0.2, 0) is 4.74 Å². The molecule has 2 rings (SSSR count). The Balaban J connectivity index is 2.37. The van der Waals surface area contributed by atoms with Crippen LogP contribution in [0.4, 0.5) is 0 Å². The van der Waals surface area contributed by atoms with E-state index in [-0.39, 0.29) is 6.10 Å². The molecule has 0 bridgehead atoms. The van der Waals surface area contributed by atoms with Gasteiger partial charge in [0.15, 0.2) is 0 Å². The second kappa shape index (κ2) is 5.52. The lowest BCUT2D eigenvalue weighted by Crippen LogP contribution is -2.33. The second-order valence-electron chi connectivity index (χ2n) is 4.68. The van der Waals surface area contributed by atoms with Gasteiger partial charge in [0.25, 0.3) is 0 Å². The van der Waals surface area contributed by atoms with Gasteiger partial charge in [0.2, 0.25) is 0 Å². The highest BCUT2D eigenvalue weighted by molar-refractivity contribution is 5.43. The Kier molecular flexibility index (Phi) is 4.02. The molecule has 3 heteroatoms. The smallest absolute Gasteiger partial charge is 0.122 e. The average molecular weight is 235 g/mol. The van der Waals surface area contributed by atoms with Gasteiger partial charge < -0.3 is 14.8 Å². The van der Waals surface area contributed by atoms with E-state index in [1.807, 2.05) is 12.1 Å². The number of methoxy groups -OCH3 is 1. The van der Waals surface area contributed by atoms with E-state index in [1.54, 1.807) is 7.11 Å². The van der Waals surface area contributed by atoms with Crippen molar-refractivity contribution < 1.29 is 9.47 Å². The van der Waals surface area contributed by atoms with Gasteiger partial charge in [-0.15, -0.1) is 0 Å². The van der Waals surface area contributed by atoms with Gasteiger partial charge in [0.1, 0.15) is 5.75 Å². The average Bonchev–Trinajstić information content (AvgIpc) is 2.38. The summed E-state index contributed by atoms with van der Waals surface area (Å²) >= 11 is 0. The maximum Gasteiger partial charge on any atom is 0.122 e.